The van der Waals surface area contributed by atoms with Gasteiger partial charge in [0.15, 0.2) is 0 Å². The molecule has 2 aromatic carbocycles. The van der Waals surface area contributed by atoms with Crippen LogP contribution in [0.2, 0.25) is 0 Å². The molecule has 1 fully saturated rings. The Kier molecular flexibility index (Phi) is 4.17. The summed E-state index contributed by atoms with van der Waals surface area (Å²) >= 11 is 0. The molecule has 0 bridgehead atoms. The number of aliphatic hydroxyl groups excluding tert-OH is 1. The lowest BCUT2D eigenvalue weighted by atomic mass is 9.96. The molecular weight excluding hydrogens is 284 g/mol. The van der Waals surface area contributed by atoms with E-state index in [0.29, 0.717) is 6.04 Å². The second-order valence-corrected chi connectivity index (χ2v) is 6.56. The van der Waals surface area contributed by atoms with Crippen LogP contribution in [-0.4, -0.2) is 42.8 Å². The summed E-state index contributed by atoms with van der Waals surface area (Å²) in [6.07, 6.45) is 1.85. The fourth-order valence-electron chi connectivity index (χ4n) is 4.05. The van der Waals surface area contributed by atoms with Crippen LogP contribution in [-0.2, 0) is 6.42 Å². The van der Waals surface area contributed by atoms with Crippen LogP contribution < -0.4 is 5.32 Å². The zero-order valence-electron chi connectivity index (χ0n) is 13.5. The maximum atomic E-state index is 9.52. The van der Waals surface area contributed by atoms with Gasteiger partial charge in [-0.1, -0.05) is 42.5 Å². The fourth-order valence-corrected chi connectivity index (χ4v) is 4.05. The van der Waals surface area contributed by atoms with Gasteiger partial charge in [0.2, 0.25) is 0 Å². The van der Waals surface area contributed by atoms with E-state index in [0.717, 1.165) is 39.0 Å². The molecule has 2 aliphatic rings. The molecule has 4 rings (SSSR count). The molecule has 120 valence electrons. The molecule has 0 amide bonds. The van der Waals surface area contributed by atoms with E-state index in [9.17, 15) is 5.11 Å². The number of aliphatic hydroxyl groups is 1. The Hall–Kier alpha value is -1.68. The average molecular weight is 308 g/mol. The van der Waals surface area contributed by atoms with Crippen molar-refractivity contribution in [2.45, 2.75) is 18.9 Å². The zero-order chi connectivity index (χ0) is 15.6. The van der Waals surface area contributed by atoms with Gasteiger partial charge in [0.1, 0.15) is 0 Å². The Morgan fingerprint density at radius 3 is 2.61 bits per heavy atom. The maximum Gasteiger partial charge on any atom is 0.0449 e. The van der Waals surface area contributed by atoms with Crippen LogP contribution in [0.15, 0.2) is 42.5 Å². The molecule has 0 radical (unpaired) electrons. The van der Waals surface area contributed by atoms with Crippen molar-refractivity contribution in [2.75, 3.05) is 32.8 Å². The number of hydrogen-bond donors (Lipinski definition) is 2. The SMILES string of the molecule is OCC[C@H](c1ccc2c(c1)Cc1ccccc1-2)N1CCNCC1. The van der Waals surface area contributed by atoms with Crippen LogP contribution in [0, 0.1) is 0 Å². The number of nitrogens with one attached hydrogen (secondary N) is 1. The highest BCUT2D eigenvalue weighted by atomic mass is 16.3. The summed E-state index contributed by atoms with van der Waals surface area (Å²) < 4.78 is 0. The van der Waals surface area contributed by atoms with Crippen molar-refractivity contribution in [1.29, 1.82) is 0 Å². The van der Waals surface area contributed by atoms with Gasteiger partial charge in [-0.15, -0.1) is 0 Å². The topological polar surface area (TPSA) is 35.5 Å². The molecule has 0 aromatic heterocycles. The highest BCUT2D eigenvalue weighted by molar-refractivity contribution is 5.77. The second-order valence-electron chi connectivity index (χ2n) is 6.56. The summed E-state index contributed by atoms with van der Waals surface area (Å²) in [5.41, 5.74) is 6.98. The van der Waals surface area contributed by atoms with E-state index in [4.69, 9.17) is 0 Å². The lowest BCUT2D eigenvalue weighted by molar-refractivity contribution is 0.141. The molecule has 1 atom stereocenters. The standard InChI is InChI=1S/C20H24N2O/c23-12-7-20(22-10-8-21-9-11-22)16-5-6-19-17(14-16)13-15-3-1-2-4-18(15)19/h1-6,14,20-21,23H,7-13H2/t20-/m1/s1. The molecule has 0 spiro atoms. The van der Waals surface area contributed by atoms with Crippen molar-refractivity contribution in [3.63, 3.8) is 0 Å². The lowest BCUT2D eigenvalue weighted by Crippen LogP contribution is -2.45. The Labute approximate surface area is 138 Å². The quantitative estimate of drug-likeness (QED) is 0.778. The maximum absolute atomic E-state index is 9.52. The van der Waals surface area contributed by atoms with Gasteiger partial charge in [0, 0.05) is 38.8 Å². The van der Waals surface area contributed by atoms with Crippen LogP contribution in [0.3, 0.4) is 0 Å². The van der Waals surface area contributed by atoms with E-state index < -0.39 is 0 Å². The zero-order valence-corrected chi connectivity index (χ0v) is 13.5. The first kappa shape index (κ1) is 14.9. The predicted molar refractivity (Wildman–Crippen MR) is 93.6 cm³/mol. The van der Waals surface area contributed by atoms with Gasteiger partial charge in [0.25, 0.3) is 0 Å². The van der Waals surface area contributed by atoms with Crippen molar-refractivity contribution in [3.8, 4) is 11.1 Å². The number of hydrogen-bond acceptors (Lipinski definition) is 3. The number of rotatable bonds is 4. The van der Waals surface area contributed by atoms with Gasteiger partial charge in [-0.3, -0.25) is 4.90 Å². The molecule has 0 saturated carbocycles. The van der Waals surface area contributed by atoms with E-state index in [1.807, 2.05) is 0 Å². The molecule has 3 heteroatoms. The summed E-state index contributed by atoms with van der Waals surface area (Å²) in [5.74, 6) is 0. The molecule has 3 nitrogen and oxygen atoms in total. The first-order valence-corrected chi connectivity index (χ1v) is 8.63. The molecule has 1 heterocycles. The smallest absolute Gasteiger partial charge is 0.0449 e. The number of benzene rings is 2. The van der Waals surface area contributed by atoms with Gasteiger partial charge in [-0.05, 0) is 40.7 Å². The molecule has 0 unspecified atom stereocenters. The molecule has 1 aliphatic carbocycles. The summed E-state index contributed by atoms with van der Waals surface area (Å²) in [7, 11) is 0. The first-order chi connectivity index (χ1) is 11.4. The minimum atomic E-state index is 0.242. The van der Waals surface area contributed by atoms with Gasteiger partial charge in [-0.2, -0.15) is 0 Å². The normalized spacial score (nSPS) is 18.5. The third-order valence-corrected chi connectivity index (χ3v) is 5.20. The molecule has 2 aromatic rings. The second kappa shape index (κ2) is 6.44. The first-order valence-electron chi connectivity index (χ1n) is 8.63. The fraction of sp³-hybridized carbons (Fsp3) is 0.400. The van der Waals surface area contributed by atoms with Crippen molar-refractivity contribution in [1.82, 2.24) is 10.2 Å². The highest BCUT2D eigenvalue weighted by Crippen LogP contribution is 2.38. The lowest BCUT2D eigenvalue weighted by Gasteiger charge is -2.35. The van der Waals surface area contributed by atoms with Crippen LogP contribution in [0.1, 0.15) is 29.2 Å². The van der Waals surface area contributed by atoms with E-state index in [1.165, 1.54) is 27.8 Å². The minimum absolute atomic E-state index is 0.242. The van der Waals surface area contributed by atoms with Crippen LogP contribution in [0.4, 0.5) is 0 Å². The number of nitrogens with zero attached hydrogens (tertiary/aromatic N) is 1. The third-order valence-electron chi connectivity index (χ3n) is 5.20. The molecule has 1 aliphatic heterocycles. The number of piperazine rings is 1. The molecule has 1 saturated heterocycles. The Balaban J connectivity index is 1.65. The van der Waals surface area contributed by atoms with Gasteiger partial charge < -0.3 is 10.4 Å². The van der Waals surface area contributed by atoms with E-state index >= 15 is 0 Å². The van der Waals surface area contributed by atoms with E-state index in [2.05, 4.69) is 52.7 Å². The average Bonchev–Trinajstić information content (AvgIpc) is 2.98. The van der Waals surface area contributed by atoms with Crippen molar-refractivity contribution in [2.24, 2.45) is 0 Å². The van der Waals surface area contributed by atoms with Gasteiger partial charge in [-0.25, -0.2) is 0 Å². The van der Waals surface area contributed by atoms with Crippen LogP contribution >= 0.6 is 0 Å². The molecular formula is C20H24N2O. The third kappa shape index (κ3) is 2.80. The van der Waals surface area contributed by atoms with Crippen LogP contribution in [0.5, 0.6) is 0 Å². The summed E-state index contributed by atoms with van der Waals surface area (Å²) in [6.45, 7) is 4.44. The monoisotopic (exact) mass is 308 g/mol. The van der Waals surface area contributed by atoms with E-state index in [-0.39, 0.29) is 6.61 Å². The predicted octanol–water partition coefficient (Wildman–Crippen LogP) is 2.59. The largest absolute Gasteiger partial charge is 0.396 e. The Bertz CT molecular complexity index is 692. The Morgan fingerprint density at radius 1 is 1.00 bits per heavy atom. The summed E-state index contributed by atoms with van der Waals surface area (Å²) in [5, 5.41) is 12.9. The number of fused-ring (bicyclic) bond motifs is 3. The van der Waals surface area contributed by atoms with Crippen molar-refractivity contribution in [3.05, 3.63) is 59.2 Å². The summed E-state index contributed by atoms with van der Waals surface area (Å²) in [4.78, 5) is 2.51. The highest BCUT2D eigenvalue weighted by Gasteiger charge is 2.24. The van der Waals surface area contributed by atoms with Gasteiger partial charge in [0.05, 0.1) is 0 Å². The Morgan fingerprint density at radius 2 is 1.78 bits per heavy atom. The van der Waals surface area contributed by atoms with Crippen molar-refractivity contribution >= 4 is 0 Å². The van der Waals surface area contributed by atoms with E-state index in [1.54, 1.807) is 0 Å². The van der Waals surface area contributed by atoms with Crippen molar-refractivity contribution < 1.29 is 5.11 Å². The van der Waals surface area contributed by atoms with Gasteiger partial charge >= 0.3 is 0 Å². The summed E-state index contributed by atoms with van der Waals surface area (Å²) in [6, 6.07) is 16.0. The van der Waals surface area contributed by atoms with Crippen LogP contribution in [0.25, 0.3) is 11.1 Å². The minimum Gasteiger partial charge on any atom is -0.396 e. The molecule has 23 heavy (non-hydrogen) atoms. The molecule has 2 N–H and O–H groups in total.